The van der Waals surface area contributed by atoms with Crippen LogP contribution in [0.4, 0.5) is 0 Å². The van der Waals surface area contributed by atoms with Crippen molar-refractivity contribution in [2.75, 3.05) is 0 Å². The molecule has 3 nitrogen and oxygen atoms in total. The van der Waals surface area contributed by atoms with Gasteiger partial charge in [-0.05, 0) is 6.92 Å². The summed E-state index contributed by atoms with van der Waals surface area (Å²) in [6, 6.07) is 0. The first kappa shape index (κ1) is 12.0. The van der Waals surface area contributed by atoms with E-state index in [1.807, 2.05) is 0 Å². The standard InChI is InChI=1S/C6H6Cl3O3/c1-4(12-3-10)5(11)2-6(7,8)9/h4H,2H2,1H3. The molecule has 0 aliphatic carbocycles. The van der Waals surface area contributed by atoms with Crippen molar-refractivity contribution in [3.8, 4) is 0 Å². The summed E-state index contributed by atoms with van der Waals surface area (Å²) in [5, 5.41) is 0. The number of halogens is 3. The van der Waals surface area contributed by atoms with Crippen LogP contribution in [0.3, 0.4) is 0 Å². The number of rotatable bonds is 4. The maximum Gasteiger partial charge on any atom is 0.418 e. The molecule has 0 saturated carbocycles. The van der Waals surface area contributed by atoms with Crippen LogP contribution < -0.4 is 0 Å². The fourth-order valence-corrected chi connectivity index (χ4v) is 0.874. The maximum atomic E-state index is 11.0. The summed E-state index contributed by atoms with van der Waals surface area (Å²) in [5.41, 5.74) is 0. The molecule has 0 aliphatic rings. The van der Waals surface area contributed by atoms with Crippen LogP contribution in [0.15, 0.2) is 0 Å². The predicted octanol–water partition coefficient (Wildman–Crippen LogP) is 1.79. The molecule has 0 heterocycles. The van der Waals surface area contributed by atoms with E-state index in [2.05, 4.69) is 4.74 Å². The van der Waals surface area contributed by atoms with E-state index in [1.165, 1.54) is 6.92 Å². The van der Waals surface area contributed by atoms with Gasteiger partial charge in [-0.1, -0.05) is 34.8 Å². The fourth-order valence-electron chi connectivity index (χ4n) is 0.479. The van der Waals surface area contributed by atoms with Crippen molar-refractivity contribution in [2.45, 2.75) is 23.2 Å². The molecule has 0 aromatic heterocycles. The van der Waals surface area contributed by atoms with E-state index < -0.39 is 15.7 Å². The van der Waals surface area contributed by atoms with Crippen LogP contribution in [-0.4, -0.2) is 22.2 Å². The minimum absolute atomic E-state index is 0.291. The summed E-state index contributed by atoms with van der Waals surface area (Å²) in [4.78, 5) is 20.7. The average Bonchev–Trinajstić information content (AvgIpc) is 1.84. The lowest BCUT2D eigenvalue weighted by molar-refractivity contribution is -0.125. The van der Waals surface area contributed by atoms with E-state index in [9.17, 15) is 9.59 Å². The van der Waals surface area contributed by atoms with Crippen LogP contribution in [0, 0.1) is 0 Å². The Morgan fingerprint density at radius 3 is 2.42 bits per heavy atom. The number of hydrogen-bond donors (Lipinski definition) is 0. The molecule has 1 unspecified atom stereocenters. The fraction of sp³-hybridized carbons (Fsp3) is 0.667. The third-order valence-corrected chi connectivity index (χ3v) is 1.45. The van der Waals surface area contributed by atoms with Crippen molar-refractivity contribution in [3.05, 3.63) is 0 Å². The van der Waals surface area contributed by atoms with Gasteiger partial charge >= 0.3 is 6.47 Å². The lowest BCUT2D eigenvalue weighted by atomic mass is 10.2. The molecule has 69 valence electrons. The molecule has 0 saturated heterocycles. The van der Waals surface area contributed by atoms with Gasteiger partial charge < -0.3 is 4.74 Å². The zero-order valence-electron chi connectivity index (χ0n) is 6.14. The zero-order chi connectivity index (χ0) is 9.78. The van der Waals surface area contributed by atoms with Gasteiger partial charge in [-0.25, -0.2) is 4.79 Å². The van der Waals surface area contributed by atoms with Gasteiger partial charge in [0.1, 0.15) is 0 Å². The summed E-state index contributed by atoms with van der Waals surface area (Å²) < 4.78 is 2.58. The molecule has 0 aromatic carbocycles. The molecule has 0 fully saturated rings. The Balaban J connectivity index is 3.95. The summed E-state index contributed by atoms with van der Waals surface area (Å²) in [5.74, 6) is -0.460. The topological polar surface area (TPSA) is 43.4 Å². The molecule has 0 bridgehead atoms. The number of ether oxygens (including phenoxy) is 1. The zero-order valence-corrected chi connectivity index (χ0v) is 8.41. The molecule has 0 amide bonds. The maximum absolute atomic E-state index is 11.0. The van der Waals surface area contributed by atoms with Gasteiger partial charge in [0.2, 0.25) is 0 Å². The second kappa shape index (κ2) is 4.90. The average molecular weight is 232 g/mol. The lowest BCUT2D eigenvalue weighted by Gasteiger charge is -2.12. The van der Waals surface area contributed by atoms with Gasteiger partial charge in [0.15, 0.2) is 15.7 Å². The van der Waals surface area contributed by atoms with Crippen LogP contribution in [-0.2, 0) is 14.3 Å². The number of carbonyl (C=O) groups excluding carboxylic acids is 2. The van der Waals surface area contributed by atoms with Crippen LogP contribution in [0.1, 0.15) is 13.3 Å². The van der Waals surface area contributed by atoms with Crippen molar-refractivity contribution in [1.82, 2.24) is 0 Å². The molecule has 0 rings (SSSR count). The third kappa shape index (κ3) is 5.63. The number of carbonyl (C=O) groups is 1. The Kier molecular flexibility index (Phi) is 4.90. The third-order valence-electron chi connectivity index (χ3n) is 1.05. The van der Waals surface area contributed by atoms with E-state index >= 15 is 0 Å². The smallest absolute Gasteiger partial charge is 0.418 e. The summed E-state index contributed by atoms with van der Waals surface area (Å²) in [6.45, 7) is 2.51. The van der Waals surface area contributed by atoms with E-state index in [4.69, 9.17) is 34.8 Å². The molecular formula is C6H6Cl3O3. The molecule has 0 aromatic rings. The normalized spacial score (nSPS) is 13.7. The van der Waals surface area contributed by atoms with Crippen molar-refractivity contribution in [2.24, 2.45) is 0 Å². The Bertz CT molecular complexity index is 175. The van der Waals surface area contributed by atoms with Gasteiger partial charge in [-0.15, -0.1) is 0 Å². The van der Waals surface area contributed by atoms with Crippen LogP contribution in [0.2, 0.25) is 0 Å². The molecule has 0 aliphatic heterocycles. The lowest BCUT2D eigenvalue weighted by Crippen LogP contribution is -2.24. The number of hydrogen-bond acceptors (Lipinski definition) is 3. The summed E-state index contributed by atoms with van der Waals surface area (Å²) >= 11 is 16.0. The minimum atomic E-state index is -1.64. The van der Waals surface area contributed by atoms with E-state index in [1.54, 1.807) is 0 Å². The van der Waals surface area contributed by atoms with Crippen molar-refractivity contribution in [3.63, 3.8) is 0 Å². The largest absolute Gasteiger partial charge is 0.446 e. The predicted molar refractivity (Wildman–Crippen MR) is 46.2 cm³/mol. The number of ketones is 1. The molecule has 1 atom stereocenters. The molecule has 0 N–H and O–H groups in total. The summed E-state index contributed by atoms with van der Waals surface area (Å²) in [6.07, 6.45) is -1.21. The molecular weight excluding hydrogens is 226 g/mol. The second-order valence-electron chi connectivity index (χ2n) is 2.10. The van der Waals surface area contributed by atoms with Gasteiger partial charge in [0.25, 0.3) is 0 Å². The molecule has 1 radical (unpaired) electrons. The van der Waals surface area contributed by atoms with Crippen molar-refractivity contribution < 1.29 is 14.3 Å². The highest BCUT2D eigenvalue weighted by Crippen LogP contribution is 2.30. The van der Waals surface area contributed by atoms with Gasteiger partial charge in [0.05, 0.1) is 6.42 Å². The Labute approximate surface area is 84.9 Å². The van der Waals surface area contributed by atoms with Gasteiger partial charge in [-0.2, -0.15) is 0 Å². The van der Waals surface area contributed by atoms with Crippen molar-refractivity contribution >= 4 is 47.1 Å². The van der Waals surface area contributed by atoms with Crippen LogP contribution in [0.25, 0.3) is 0 Å². The Morgan fingerprint density at radius 1 is 1.58 bits per heavy atom. The number of alkyl halides is 3. The van der Waals surface area contributed by atoms with Crippen molar-refractivity contribution in [1.29, 1.82) is 0 Å². The summed E-state index contributed by atoms with van der Waals surface area (Å²) in [7, 11) is 0. The first-order valence-corrected chi connectivity index (χ1v) is 4.12. The molecule has 0 spiro atoms. The second-order valence-corrected chi connectivity index (χ2v) is 4.62. The minimum Gasteiger partial charge on any atom is -0.446 e. The van der Waals surface area contributed by atoms with E-state index in [-0.39, 0.29) is 6.42 Å². The highest BCUT2D eigenvalue weighted by atomic mass is 35.6. The van der Waals surface area contributed by atoms with E-state index in [0.717, 1.165) is 6.47 Å². The highest BCUT2D eigenvalue weighted by Gasteiger charge is 2.27. The number of Topliss-reactive ketones (excluding diaryl/α,β-unsaturated/α-hetero) is 1. The molecule has 12 heavy (non-hydrogen) atoms. The van der Waals surface area contributed by atoms with Crippen LogP contribution >= 0.6 is 34.8 Å². The van der Waals surface area contributed by atoms with Gasteiger partial charge in [0, 0.05) is 0 Å². The van der Waals surface area contributed by atoms with Crippen LogP contribution in [0.5, 0.6) is 0 Å². The first-order valence-electron chi connectivity index (χ1n) is 2.99. The Morgan fingerprint density at radius 2 is 2.08 bits per heavy atom. The van der Waals surface area contributed by atoms with E-state index in [0.29, 0.717) is 0 Å². The quantitative estimate of drug-likeness (QED) is 0.694. The molecule has 6 heteroatoms. The first-order chi connectivity index (χ1) is 5.37. The highest BCUT2D eigenvalue weighted by molar-refractivity contribution is 6.68. The Hall–Kier alpha value is 0.01000. The monoisotopic (exact) mass is 231 g/mol. The SMILES string of the molecule is CC(O[C]=O)C(=O)CC(Cl)(Cl)Cl. The van der Waals surface area contributed by atoms with Gasteiger partial charge in [-0.3, -0.25) is 4.79 Å².